The summed E-state index contributed by atoms with van der Waals surface area (Å²) in [5.41, 5.74) is 0.804. The Hall–Kier alpha value is -3.34. The largest absolute Gasteiger partial charge is 0.466 e. The highest BCUT2D eigenvalue weighted by Gasteiger charge is 2.34. The summed E-state index contributed by atoms with van der Waals surface area (Å²) in [6.07, 6.45) is 1.18. The summed E-state index contributed by atoms with van der Waals surface area (Å²) in [4.78, 5) is 25.1. The number of piperidine rings is 1. The van der Waals surface area contributed by atoms with Gasteiger partial charge in [0.05, 0.1) is 17.4 Å². The van der Waals surface area contributed by atoms with Crippen LogP contribution in [0.15, 0.2) is 30.3 Å². The normalized spacial score (nSPS) is 14.3. The Labute approximate surface area is 163 Å². The van der Waals surface area contributed by atoms with Gasteiger partial charge in [-0.05, 0) is 37.8 Å². The third-order valence-corrected chi connectivity index (χ3v) is 4.69. The first-order chi connectivity index (χ1) is 13.5. The van der Waals surface area contributed by atoms with Gasteiger partial charge in [-0.1, -0.05) is 24.1 Å². The highest BCUT2D eigenvalue weighted by molar-refractivity contribution is 5.73. The molecule has 1 aromatic heterocycles. The molecule has 0 bridgehead atoms. The monoisotopic (exact) mass is 382 g/mol. The summed E-state index contributed by atoms with van der Waals surface area (Å²) < 4.78 is 6.58. The van der Waals surface area contributed by atoms with E-state index in [1.165, 1.54) is 4.68 Å². The molecule has 0 atom stereocenters. The number of benzene rings is 1. The Balaban J connectivity index is 1.85. The zero-order chi connectivity index (χ0) is 20.1. The van der Waals surface area contributed by atoms with Crippen molar-refractivity contribution in [2.45, 2.75) is 19.8 Å². The van der Waals surface area contributed by atoms with Gasteiger partial charge in [0.25, 0.3) is 0 Å². The number of hydrogen-bond donors (Lipinski definition) is 0. The van der Waals surface area contributed by atoms with Gasteiger partial charge in [-0.25, -0.2) is 4.68 Å². The first-order valence-corrected chi connectivity index (χ1v) is 9.21. The van der Waals surface area contributed by atoms with Crippen molar-refractivity contribution in [2.24, 2.45) is 13.0 Å². The number of carbonyl (C=O) groups is 1. The van der Waals surface area contributed by atoms with E-state index in [1.807, 2.05) is 35.2 Å². The van der Waals surface area contributed by atoms with E-state index in [9.17, 15) is 14.9 Å². The first kappa shape index (κ1) is 19.4. The molecular formula is C20H22N4O4. The number of anilines is 1. The maximum atomic E-state index is 11.9. The van der Waals surface area contributed by atoms with Crippen molar-refractivity contribution in [3.63, 3.8) is 0 Å². The first-order valence-electron chi connectivity index (χ1n) is 9.21. The Morgan fingerprint density at radius 1 is 1.29 bits per heavy atom. The zero-order valence-corrected chi connectivity index (χ0v) is 15.9. The Morgan fingerprint density at radius 2 is 1.96 bits per heavy atom. The third kappa shape index (κ3) is 4.14. The van der Waals surface area contributed by atoms with Crippen LogP contribution in [0.3, 0.4) is 0 Å². The van der Waals surface area contributed by atoms with Crippen molar-refractivity contribution in [1.82, 2.24) is 9.78 Å². The van der Waals surface area contributed by atoms with Gasteiger partial charge in [-0.2, -0.15) is 5.10 Å². The van der Waals surface area contributed by atoms with Crippen molar-refractivity contribution in [3.05, 3.63) is 51.7 Å². The van der Waals surface area contributed by atoms with Gasteiger partial charge < -0.3 is 9.64 Å². The van der Waals surface area contributed by atoms with E-state index in [2.05, 4.69) is 16.9 Å². The maximum absolute atomic E-state index is 11.9. The van der Waals surface area contributed by atoms with E-state index < -0.39 is 4.92 Å². The van der Waals surface area contributed by atoms with Gasteiger partial charge in [-0.15, -0.1) is 0 Å². The highest BCUT2D eigenvalue weighted by atomic mass is 16.6. The summed E-state index contributed by atoms with van der Waals surface area (Å²) in [7, 11) is 1.67. The van der Waals surface area contributed by atoms with E-state index in [4.69, 9.17) is 4.74 Å². The standard InChI is InChI=1S/C20H22N4O4/c1-3-28-20(25)16-11-13-23(14-12-16)19-18(24(26)27)17(21-22(19)2)10-9-15-7-5-4-6-8-15/h4-8,16H,3,11-14H2,1-2H3. The highest BCUT2D eigenvalue weighted by Crippen LogP contribution is 2.34. The van der Waals surface area contributed by atoms with Crippen LogP contribution in [0.5, 0.6) is 0 Å². The summed E-state index contributed by atoms with van der Waals surface area (Å²) in [5, 5.41) is 16.0. The fourth-order valence-electron chi connectivity index (χ4n) is 3.35. The molecule has 0 aliphatic carbocycles. The number of rotatable bonds is 4. The molecule has 2 heterocycles. The molecule has 0 unspecified atom stereocenters. The summed E-state index contributed by atoms with van der Waals surface area (Å²) >= 11 is 0. The second kappa shape index (κ2) is 8.57. The third-order valence-electron chi connectivity index (χ3n) is 4.69. The zero-order valence-electron chi connectivity index (χ0n) is 15.9. The summed E-state index contributed by atoms with van der Waals surface area (Å²) in [5.74, 6) is 5.81. The molecule has 1 aliphatic heterocycles. The summed E-state index contributed by atoms with van der Waals surface area (Å²) in [6.45, 7) is 3.19. The molecule has 1 aliphatic rings. The minimum atomic E-state index is -0.436. The van der Waals surface area contributed by atoms with Crippen molar-refractivity contribution in [2.75, 3.05) is 24.6 Å². The molecule has 0 radical (unpaired) electrons. The van der Waals surface area contributed by atoms with E-state index in [0.29, 0.717) is 38.4 Å². The molecule has 1 saturated heterocycles. The molecule has 0 amide bonds. The molecule has 146 valence electrons. The molecule has 1 aromatic carbocycles. The van der Waals surface area contributed by atoms with Crippen LogP contribution in [0.25, 0.3) is 0 Å². The Morgan fingerprint density at radius 3 is 2.57 bits per heavy atom. The lowest BCUT2D eigenvalue weighted by Crippen LogP contribution is -2.38. The van der Waals surface area contributed by atoms with Crippen LogP contribution in [0.2, 0.25) is 0 Å². The van der Waals surface area contributed by atoms with Crippen molar-refractivity contribution < 1.29 is 14.5 Å². The predicted octanol–water partition coefficient (Wildman–Crippen LogP) is 2.51. The van der Waals surface area contributed by atoms with Crippen molar-refractivity contribution >= 4 is 17.5 Å². The second-order valence-corrected chi connectivity index (χ2v) is 6.53. The average molecular weight is 382 g/mol. The van der Waals surface area contributed by atoms with Crippen LogP contribution in [-0.4, -0.2) is 40.4 Å². The molecule has 2 aromatic rings. The van der Waals surface area contributed by atoms with Crippen LogP contribution in [0.1, 0.15) is 31.0 Å². The van der Waals surface area contributed by atoms with Crippen LogP contribution in [-0.2, 0) is 16.6 Å². The number of aryl methyl sites for hydroxylation is 1. The Kier molecular flexibility index (Phi) is 5.94. The van der Waals surface area contributed by atoms with Crippen LogP contribution >= 0.6 is 0 Å². The van der Waals surface area contributed by atoms with Gasteiger partial charge in [0.1, 0.15) is 0 Å². The topological polar surface area (TPSA) is 90.5 Å². The van der Waals surface area contributed by atoms with Crippen molar-refractivity contribution in [1.29, 1.82) is 0 Å². The van der Waals surface area contributed by atoms with E-state index in [0.717, 1.165) is 5.56 Å². The number of hydrogen-bond acceptors (Lipinski definition) is 6. The molecule has 3 rings (SSSR count). The van der Waals surface area contributed by atoms with Gasteiger partial charge in [-0.3, -0.25) is 14.9 Å². The molecule has 1 fully saturated rings. The van der Waals surface area contributed by atoms with Crippen LogP contribution < -0.4 is 4.90 Å². The molecule has 0 saturated carbocycles. The number of nitro groups is 1. The quantitative estimate of drug-likeness (QED) is 0.349. The lowest BCUT2D eigenvalue weighted by molar-refractivity contribution is -0.384. The van der Waals surface area contributed by atoms with Gasteiger partial charge in [0, 0.05) is 25.7 Å². The molecule has 28 heavy (non-hydrogen) atoms. The molecule has 0 N–H and O–H groups in total. The molecule has 8 heteroatoms. The van der Waals surface area contributed by atoms with Gasteiger partial charge >= 0.3 is 11.7 Å². The summed E-state index contributed by atoms with van der Waals surface area (Å²) in [6, 6.07) is 9.27. The smallest absolute Gasteiger partial charge is 0.346 e. The van der Waals surface area contributed by atoms with Crippen LogP contribution in [0.4, 0.5) is 11.5 Å². The Bertz CT molecular complexity index is 919. The van der Waals surface area contributed by atoms with Crippen LogP contribution in [0, 0.1) is 27.9 Å². The number of aromatic nitrogens is 2. The van der Waals surface area contributed by atoms with E-state index in [1.54, 1.807) is 14.0 Å². The minimum Gasteiger partial charge on any atom is -0.466 e. The van der Waals surface area contributed by atoms with E-state index in [-0.39, 0.29) is 23.3 Å². The number of carbonyl (C=O) groups excluding carboxylic acids is 1. The number of esters is 1. The molecule has 0 spiro atoms. The van der Waals surface area contributed by atoms with E-state index >= 15 is 0 Å². The number of ether oxygens (including phenoxy) is 1. The molecule has 8 nitrogen and oxygen atoms in total. The minimum absolute atomic E-state index is 0.0967. The fraction of sp³-hybridized carbons (Fsp3) is 0.400. The van der Waals surface area contributed by atoms with Gasteiger partial charge in [0.2, 0.25) is 11.5 Å². The number of nitrogens with zero attached hydrogens (tertiary/aromatic N) is 4. The second-order valence-electron chi connectivity index (χ2n) is 6.53. The van der Waals surface area contributed by atoms with Crippen molar-refractivity contribution in [3.8, 4) is 11.8 Å². The predicted molar refractivity (Wildman–Crippen MR) is 104 cm³/mol. The molecular weight excluding hydrogens is 360 g/mol. The average Bonchev–Trinajstić information content (AvgIpc) is 3.04. The SMILES string of the molecule is CCOC(=O)C1CCN(c2c([N+](=O)[O-])c(C#Cc3ccccc3)nn2C)CC1. The fourth-order valence-corrected chi connectivity index (χ4v) is 3.35. The lowest BCUT2D eigenvalue weighted by Gasteiger charge is -2.31. The lowest BCUT2D eigenvalue weighted by atomic mass is 9.97. The van der Waals surface area contributed by atoms with Gasteiger partial charge in [0.15, 0.2) is 0 Å². The maximum Gasteiger partial charge on any atom is 0.346 e.